The normalized spacial score (nSPS) is 14.8. The second kappa shape index (κ2) is 72.3. The zero-order valence-electron chi connectivity index (χ0n) is 62.1. The molecular formula is C81H134O17P2. The fourth-order valence-electron chi connectivity index (χ4n) is 9.60. The molecule has 0 bridgehead atoms. The van der Waals surface area contributed by atoms with Crippen molar-refractivity contribution in [3.05, 3.63) is 146 Å². The largest absolute Gasteiger partial charge is 0.472 e. The third-order valence-electron chi connectivity index (χ3n) is 15.3. The van der Waals surface area contributed by atoms with Crippen LogP contribution in [0.15, 0.2) is 146 Å². The Kier molecular flexibility index (Phi) is 68.6. The van der Waals surface area contributed by atoms with E-state index in [-0.39, 0.29) is 25.7 Å². The van der Waals surface area contributed by atoms with E-state index >= 15 is 0 Å². The van der Waals surface area contributed by atoms with E-state index in [2.05, 4.69) is 174 Å². The van der Waals surface area contributed by atoms with Crippen LogP contribution in [0.25, 0.3) is 0 Å². The van der Waals surface area contributed by atoms with Gasteiger partial charge in [0.1, 0.15) is 19.3 Å². The number of carbonyl (C=O) groups is 4. The molecule has 100 heavy (non-hydrogen) atoms. The summed E-state index contributed by atoms with van der Waals surface area (Å²) < 4.78 is 68.4. The van der Waals surface area contributed by atoms with Gasteiger partial charge in [0.05, 0.1) is 26.4 Å². The molecule has 0 radical (unpaired) electrons. The average Bonchev–Trinajstić information content (AvgIpc) is 0.953. The molecule has 0 saturated carbocycles. The summed E-state index contributed by atoms with van der Waals surface area (Å²) in [5, 5.41) is 10.6. The molecule has 0 aliphatic rings. The van der Waals surface area contributed by atoms with Crippen LogP contribution >= 0.6 is 15.6 Å². The smallest absolute Gasteiger partial charge is 0.462 e. The Balaban J connectivity index is 5.40. The highest BCUT2D eigenvalue weighted by Gasteiger charge is 2.30. The molecule has 3 N–H and O–H groups in total. The predicted molar refractivity (Wildman–Crippen MR) is 408 cm³/mol. The van der Waals surface area contributed by atoms with Crippen LogP contribution in [0.5, 0.6) is 0 Å². The molecule has 0 rings (SSSR count). The van der Waals surface area contributed by atoms with Crippen molar-refractivity contribution in [1.82, 2.24) is 0 Å². The molecule has 19 heteroatoms. The van der Waals surface area contributed by atoms with E-state index in [9.17, 15) is 43.2 Å². The molecule has 0 aromatic heterocycles. The lowest BCUT2D eigenvalue weighted by molar-refractivity contribution is -0.161. The Hall–Kier alpha value is -5.06. The minimum Gasteiger partial charge on any atom is -0.462 e. The molecule has 5 atom stereocenters. The Labute approximate surface area is 605 Å². The summed E-state index contributed by atoms with van der Waals surface area (Å²) in [4.78, 5) is 72.8. The molecule has 0 aromatic rings. The number of phosphoric ester groups is 2. The van der Waals surface area contributed by atoms with Gasteiger partial charge in [-0.2, -0.15) is 0 Å². The average molecular weight is 1440 g/mol. The van der Waals surface area contributed by atoms with Gasteiger partial charge in [0, 0.05) is 25.7 Å². The van der Waals surface area contributed by atoms with Crippen LogP contribution in [-0.4, -0.2) is 96.7 Å². The lowest BCUT2D eigenvalue weighted by Crippen LogP contribution is -2.30. The van der Waals surface area contributed by atoms with Gasteiger partial charge in [-0.15, -0.1) is 0 Å². The molecule has 0 aliphatic carbocycles. The second-order valence-electron chi connectivity index (χ2n) is 24.8. The standard InChI is InChI=1S/C81H134O17P2/c1-5-9-13-17-21-25-29-32-35-36-37-38-41-43-47-50-54-58-62-66-79(84)91-71-76(97-80(85)67-63-59-55-51-45-28-24-20-16-12-8-4)73-95-99(87,88)93-69-75(82)70-94-100(89,90)96-74-77(98-81(86)68-64-60-56-52-48-44-40-34-31-27-23-19-15-11-7-3)72-92-78(83)65-61-57-53-49-46-42-39-33-30-26-22-18-14-10-6-2/h9-11,13-15,21-23,25-27,32-35,37-40,43,46-47,49,75-77,82H,5-8,12,16-20,24,28-31,36,41-42,44-45,48,50-74H2,1-4H3,(H,87,88)(H,89,90)/b13-9-,14-10-,15-11-,25-21-,26-22-,27-23-,35-32-,38-37-,39-33-,40-34-,47-43-,49-46-. The number of hydrogen-bond acceptors (Lipinski definition) is 15. The fraction of sp³-hybridized carbons (Fsp3) is 0.654. The van der Waals surface area contributed by atoms with E-state index in [0.717, 1.165) is 167 Å². The van der Waals surface area contributed by atoms with Crippen LogP contribution in [-0.2, 0) is 65.4 Å². The molecule has 0 spiro atoms. The first kappa shape index (κ1) is 94.9. The number of hydrogen-bond donors (Lipinski definition) is 3. The third kappa shape index (κ3) is 71.3. The van der Waals surface area contributed by atoms with Crippen molar-refractivity contribution in [2.75, 3.05) is 39.6 Å². The summed E-state index contributed by atoms with van der Waals surface area (Å²) in [5.41, 5.74) is 0. The number of carbonyl (C=O) groups excluding carboxylic acids is 4. The zero-order valence-corrected chi connectivity index (χ0v) is 63.9. The van der Waals surface area contributed by atoms with Gasteiger partial charge >= 0.3 is 39.5 Å². The molecule has 0 fully saturated rings. The van der Waals surface area contributed by atoms with Gasteiger partial charge in [-0.05, 0) is 141 Å². The van der Waals surface area contributed by atoms with E-state index < -0.39 is 97.5 Å². The SMILES string of the molecule is CC/C=C\C/C=C\C/C=C\C/C=C\C/C=C\CCCCCC(=O)OCC(COP(=O)(O)OCC(O)COP(=O)(O)OCC(COC(=O)CCCC/C=C\C/C=C\C/C=C\C/C=C\CC)OC(=O)CCCCCCC/C=C\C/C=C\C/C=C\CC)OC(=O)CCCCCCCCCCCCC. The number of aliphatic hydroxyl groups excluding tert-OH is 1. The molecular weight excluding hydrogens is 1310 g/mol. The number of aliphatic hydroxyl groups is 1. The maximum Gasteiger partial charge on any atom is 0.472 e. The van der Waals surface area contributed by atoms with Crippen LogP contribution < -0.4 is 0 Å². The maximum atomic E-state index is 13.1. The van der Waals surface area contributed by atoms with Gasteiger partial charge in [-0.3, -0.25) is 37.3 Å². The van der Waals surface area contributed by atoms with Crippen LogP contribution in [0.2, 0.25) is 0 Å². The number of rotatable bonds is 70. The lowest BCUT2D eigenvalue weighted by atomic mass is 10.1. The van der Waals surface area contributed by atoms with Crippen molar-refractivity contribution < 1.29 is 80.2 Å². The van der Waals surface area contributed by atoms with Crippen LogP contribution in [0.3, 0.4) is 0 Å². The summed E-state index contributed by atoms with van der Waals surface area (Å²) in [5.74, 6) is -2.28. The van der Waals surface area contributed by atoms with E-state index in [1.165, 1.54) is 38.5 Å². The van der Waals surface area contributed by atoms with E-state index in [0.29, 0.717) is 25.7 Å². The van der Waals surface area contributed by atoms with Gasteiger partial charge < -0.3 is 33.8 Å². The number of allylic oxidation sites excluding steroid dienone is 24. The zero-order chi connectivity index (χ0) is 73.2. The van der Waals surface area contributed by atoms with Gasteiger partial charge in [-0.1, -0.05) is 263 Å². The van der Waals surface area contributed by atoms with E-state index in [1.807, 2.05) is 0 Å². The number of esters is 4. The quantitative estimate of drug-likeness (QED) is 0.0169. The highest BCUT2D eigenvalue weighted by atomic mass is 31.2. The predicted octanol–water partition coefficient (Wildman–Crippen LogP) is 21.9. The maximum absolute atomic E-state index is 13.1. The Morgan fingerprint density at radius 3 is 0.830 bits per heavy atom. The number of ether oxygens (including phenoxy) is 4. The summed E-state index contributed by atoms with van der Waals surface area (Å²) in [6.45, 7) is 4.41. The Morgan fingerprint density at radius 1 is 0.290 bits per heavy atom. The minimum atomic E-state index is -4.99. The summed E-state index contributed by atoms with van der Waals surface area (Å²) in [6.07, 6.45) is 81.3. The highest BCUT2D eigenvalue weighted by Crippen LogP contribution is 2.45. The molecule has 5 unspecified atom stereocenters. The number of unbranched alkanes of at least 4 members (excludes halogenated alkanes) is 20. The molecule has 0 amide bonds. The summed E-state index contributed by atoms with van der Waals surface area (Å²) in [7, 11) is -9.98. The molecule has 0 saturated heterocycles. The van der Waals surface area contributed by atoms with Crippen LogP contribution in [0.4, 0.5) is 0 Å². The first-order chi connectivity index (χ1) is 48.7. The molecule has 17 nitrogen and oxygen atoms in total. The summed E-state index contributed by atoms with van der Waals surface area (Å²) in [6, 6.07) is 0. The Morgan fingerprint density at radius 2 is 0.520 bits per heavy atom. The lowest BCUT2D eigenvalue weighted by Gasteiger charge is -2.21. The summed E-state index contributed by atoms with van der Waals surface area (Å²) >= 11 is 0. The van der Waals surface area contributed by atoms with Gasteiger partial charge in [0.25, 0.3) is 0 Å². The van der Waals surface area contributed by atoms with Crippen LogP contribution in [0.1, 0.15) is 285 Å². The van der Waals surface area contributed by atoms with Crippen molar-refractivity contribution in [3.63, 3.8) is 0 Å². The molecule has 0 aliphatic heterocycles. The van der Waals surface area contributed by atoms with Gasteiger partial charge in [-0.25, -0.2) is 9.13 Å². The topological polar surface area (TPSA) is 237 Å². The fourth-order valence-corrected chi connectivity index (χ4v) is 11.2. The second-order valence-corrected chi connectivity index (χ2v) is 27.7. The number of phosphoric acid groups is 2. The highest BCUT2D eigenvalue weighted by molar-refractivity contribution is 7.47. The van der Waals surface area contributed by atoms with Crippen LogP contribution in [0, 0.1) is 0 Å². The van der Waals surface area contributed by atoms with Crippen molar-refractivity contribution in [3.8, 4) is 0 Å². The molecule has 0 heterocycles. The van der Waals surface area contributed by atoms with Crippen molar-refractivity contribution >= 4 is 39.5 Å². The Bertz CT molecular complexity index is 2470. The third-order valence-corrected chi connectivity index (χ3v) is 17.2. The van der Waals surface area contributed by atoms with Crippen molar-refractivity contribution in [2.24, 2.45) is 0 Å². The van der Waals surface area contributed by atoms with Gasteiger partial charge in [0.2, 0.25) is 0 Å². The van der Waals surface area contributed by atoms with Gasteiger partial charge in [0.15, 0.2) is 12.2 Å². The molecule has 570 valence electrons. The van der Waals surface area contributed by atoms with E-state index in [4.69, 9.17) is 37.0 Å². The first-order valence-electron chi connectivity index (χ1n) is 38.1. The van der Waals surface area contributed by atoms with Crippen molar-refractivity contribution in [1.29, 1.82) is 0 Å². The first-order valence-corrected chi connectivity index (χ1v) is 41.1. The monoisotopic (exact) mass is 1440 g/mol. The molecule has 0 aromatic carbocycles. The van der Waals surface area contributed by atoms with Crippen molar-refractivity contribution in [2.45, 2.75) is 303 Å². The van der Waals surface area contributed by atoms with E-state index in [1.54, 1.807) is 0 Å². The minimum absolute atomic E-state index is 0.0619.